The van der Waals surface area contributed by atoms with E-state index in [9.17, 15) is 4.79 Å². The number of benzene rings is 1. The Balaban J connectivity index is 2.12. The van der Waals surface area contributed by atoms with E-state index in [-0.39, 0.29) is 5.78 Å². The molecular weight excluding hydrogens is 348 g/mol. The van der Waals surface area contributed by atoms with Gasteiger partial charge in [-0.1, -0.05) is 31.9 Å². The highest BCUT2D eigenvalue weighted by molar-refractivity contribution is 9.10. The summed E-state index contributed by atoms with van der Waals surface area (Å²) in [7, 11) is 0. The van der Waals surface area contributed by atoms with Gasteiger partial charge in [0.1, 0.15) is 5.75 Å². The monoisotopic (exact) mass is 360 g/mol. The minimum absolute atomic E-state index is 0.0324. The van der Waals surface area contributed by atoms with E-state index in [1.807, 2.05) is 18.2 Å². The first-order valence-corrected chi connectivity index (χ1v) is 7.47. The molecule has 0 aromatic heterocycles. The van der Waals surface area contributed by atoms with Crippen LogP contribution in [0.25, 0.3) is 0 Å². The zero-order valence-corrected chi connectivity index (χ0v) is 12.8. The molecular formula is C13H14Br2O2. The second kappa shape index (κ2) is 5.11. The standard InChI is InChI=1S/C13H14Br2O2/c1-9(16)11-6-10(15)2-3-12(11)17-8-13(7-14)4-5-13/h2-3,6H,4-5,7-8H2,1H3. The van der Waals surface area contributed by atoms with Gasteiger partial charge in [-0.2, -0.15) is 0 Å². The summed E-state index contributed by atoms with van der Waals surface area (Å²) in [6, 6.07) is 5.56. The van der Waals surface area contributed by atoms with Crippen LogP contribution in [0.15, 0.2) is 22.7 Å². The molecule has 0 bridgehead atoms. The fraction of sp³-hybridized carbons (Fsp3) is 0.462. The maximum atomic E-state index is 11.5. The van der Waals surface area contributed by atoms with Gasteiger partial charge in [0, 0.05) is 15.2 Å². The van der Waals surface area contributed by atoms with E-state index in [1.54, 1.807) is 6.92 Å². The third-order valence-electron chi connectivity index (χ3n) is 3.10. The normalized spacial score (nSPS) is 16.6. The van der Waals surface area contributed by atoms with Gasteiger partial charge in [-0.05, 0) is 38.0 Å². The number of Topliss-reactive ketones (excluding diaryl/α,β-unsaturated/α-hetero) is 1. The predicted molar refractivity (Wildman–Crippen MR) is 75.1 cm³/mol. The van der Waals surface area contributed by atoms with Crippen molar-refractivity contribution in [3.8, 4) is 5.75 Å². The predicted octanol–water partition coefficient (Wildman–Crippen LogP) is 4.21. The summed E-state index contributed by atoms with van der Waals surface area (Å²) in [5.41, 5.74) is 0.936. The summed E-state index contributed by atoms with van der Waals surface area (Å²) in [5, 5.41) is 0.964. The van der Waals surface area contributed by atoms with Crippen molar-refractivity contribution in [2.24, 2.45) is 5.41 Å². The zero-order chi connectivity index (χ0) is 12.5. The molecule has 0 amide bonds. The Labute approximate surface area is 118 Å². The number of hydrogen-bond acceptors (Lipinski definition) is 2. The number of alkyl halides is 1. The highest BCUT2D eigenvalue weighted by Gasteiger charge is 2.42. The Morgan fingerprint density at radius 3 is 2.71 bits per heavy atom. The van der Waals surface area contributed by atoms with E-state index >= 15 is 0 Å². The summed E-state index contributed by atoms with van der Waals surface area (Å²) < 4.78 is 6.70. The van der Waals surface area contributed by atoms with Gasteiger partial charge in [0.2, 0.25) is 0 Å². The van der Waals surface area contributed by atoms with Gasteiger partial charge in [0.15, 0.2) is 5.78 Å². The first-order valence-electron chi connectivity index (χ1n) is 5.56. The van der Waals surface area contributed by atoms with Crippen LogP contribution in [0.4, 0.5) is 0 Å². The Morgan fingerprint density at radius 2 is 2.18 bits per heavy atom. The summed E-state index contributed by atoms with van der Waals surface area (Å²) in [4.78, 5) is 11.5. The molecule has 0 heterocycles. The Hall–Kier alpha value is -0.350. The minimum atomic E-state index is 0.0324. The molecule has 17 heavy (non-hydrogen) atoms. The number of ether oxygens (including phenoxy) is 1. The van der Waals surface area contributed by atoms with Gasteiger partial charge in [-0.15, -0.1) is 0 Å². The van der Waals surface area contributed by atoms with Crippen molar-refractivity contribution in [1.29, 1.82) is 0 Å². The van der Waals surface area contributed by atoms with Crippen molar-refractivity contribution in [2.45, 2.75) is 19.8 Å². The Bertz CT molecular complexity index is 439. The van der Waals surface area contributed by atoms with Crippen molar-refractivity contribution < 1.29 is 9.53 Å². The molecule has 1 fully saturated rings. The molecule has 1 aromatic carbocycles. The second-order valence-corrected chi connectivity index (χ2v) is 6.10. The first kappa shape index (κ1) is 13.1. The van der Waals surface area contributed by atoms with Crippen molar-refractivity contribution in [3.63, 3.8) is 0 Å². The van der Waals surface area contributed by atoms with Crippen LogP contribution in [0.3, 0.4) is 0 Å². The average molecular weight is 362 g/mol. The van der Waals surface area contributed by atoms with Crippen LogP contribution in [0.1, 0.15) is 30.1 Å². The van der Waals surface area contributed by atoms with Crippen LogP contribution in [-0.2, 0) is 0 Å². The summed E-state index contributed by atoms with van der Waals surface area (Å²) >= 11 is 6.88. The number of rotatable bonds is 5. The fourth-order valence-electron chi connectivity index (χ4n) is 1.63. The molecule has 0 N–H and O–H groups in total. The van der Waals surface area contributed by atoms with E-state index in [2.05, 4.69) is 31.9 Å². The molecule has 0 radical (unpaired) electrons. The van der Waals surface area contributed by atoms with Crippen LogP contribution in [0.2, 0.25) is 0 Å². The van der Waals surface area contributed by atoms with Crippen molar-refractivity contribution in [2.75, 3.05) is 11.9 Å². The number of carbonyl (C=O) groups is 1. The molecule has 1 saturated carbocycles. The molecule has 0 atom stereocenters. The molecule has 0 spiro atoms. The molecule has 2 rings (SSSR count). The number of ketones is 1. The van der Waals surface area contributed by atoms with Crippen molar-refractivity contribution >= 4 is 37.6 Å². The SMILES string of the molecule is CC(=O)c1cc(Br)ccc1OCC1(CBr)CC1. The minimum Gasteiger partial charge on any atom is -0.492 e. The molecule has 4 heteroatoms. The Morgan fingerprint density at radius 1 is 1.47 bits per heavy atom. The lowest BCUT2D eigenvalue weighted by atomic mass is 10.1. The lowest BCUT2D eigenvalue weighted by Gasteiger charge is -2.15. The third-order valence-corrected chi connectivity index (χ3v) is 4.78. The molecule has 0 unspecified atom stereocenters. The molecule has 1 aromatic rings. The van der Waals surface area contributed by atoms with E-state index in [0.29, 0.717) is 23.3 Å². The van der Waals surface area contributed by atoms with Crippen LogP contribution < -0.4 is 4.74 Å². The highest BCUT2D eigenvalue weighted by Crippen LogP contribution is 2.47. The summed E-state index contributed by atoms with van der Waals surface area (Å²) in [6.07, 6.45) is 2.40. The van der Waals surface area contributed by atoms with Gasteiger partial charge in [0.05, 0.1) is 12.2 Å². The van der Waals surface area contributed by atoms with Crippen LogP contribution in [0, 0.1) is 5.41 Å². The first-order chi connectivity index (χ1) is 8.06. The van der Waals surface area contributed by atoms with Crippen LogP contribution in [0.5, 0.6) is 5.75 Å². The van der Waals surface area contributed by atoms with Crippen molar-refractivity contribution in [3.05, 3.63) is 28.2 Å². The van der Waals surface area contributed by atoms with Gasteiger partial charge in [-0.3, -0.25) is 4.79 Å². The average Bonchev–Trinajstić information content (AvgIpc) is 3.08. The van der Waals surface area contributed by atoms with E-state index in [4.69, 9.17) is 4.74 Å². The number of halogens is 2. The van der Waals surface area contributed by atoms with Gasteiger partial charge in [0.25, 0.3) is 0 Å². The quantitative estimate of drug-likeness (QED) is 0.580. The lowest BCUT2D eigenvalue weighted by Crippen LogP contribution is -2.15. The molecule has 1 aliphatic rings. The summed E-state index contributed by atoms with van der Waals surface area (Å²) in [6.45, 7) is 2.24. The molecule has 1 aliphatic carbocycles. The highest BCUT2D eigenvalue weighted by atomic mass is 79.9. The van der Waals surface area contributed by atoms with E-state index in [1.165, 1.54) is 12.8 Å². The van der Waals surface area contributed by atoms with Crippen molar-refractivity contribution in [1.82, 2.24) is 0 Å². The number of carbonyl (C=O) groups excluding carboxylic acids is 1. The Kier molecular flexibility index (Phi) is 3.93. The largest absolute Gasteiger partial charge is 0.492 e. The lowest BCUT2D eigenvalue weighted by molar-refractivity contribution is 0.101. The topological polar surface area (TPSA) is 26.3 Å². The molecule has 0 aliphatic heterocycles. The van der Waals surface area contributed by atoms with Gasteiger partial charge >= 0.3 is 0 Å². The molecule has 0 saturated heterocycles. The maximum absolute atomic E-state index is 11.5. The van der Waals surface area contributed by atoms with Gasteiger partial charge < -0.3 is 4.74 Å². The molecule has 92 valence electrons. The number of hydrogen-bond donors (Lipinski definition) is 0. The zero-order valence-electron chi connectivity index (χ0n) is 9.63. The van der Waals surface area contributed by atoms with Crippen LogP contribution >= 0.6 is 31.9 Å². The van der Waals surface area contributed by atoms with Crippen LogP contribution in [-0.4, -0.2) is 17.7 Å². The molecule has 2 nitrogen and oxygen atoms in total. The van der Waals surface area contributed by atoms with E-state index < -0.39 is 0 Å². The van der Waals surface area contributed by atoms with Gasteiger partial charge in [-0.25, -0.2) is 0 Å². The van der Waals surface area contributed by atoms with E-state index in [0.717, 1.165) is 9.80 Å². The third kappa shape index (κ3) is 3.10. The second-order valence-electron chi connectivity index (χ2n) is 4.62. The smallest absolute Gasteiger partial charge is 0.163 e. The summed E-state index contributed by atoms with van der Waals surface area (Å²) in [5.74, 6) is 0.720. The maximum Gasteiger partial charge on any atom is 0.163 e. The fourth-order valence-corrected chi connectivity index (χ4v) is 2.71.